The minimum absolute atomic E-state index is 0.780. The molecule has 0 aliphatic carbocycles. The Balaban J connectivity index is 2.19. The maximum atomic E-state index is 6.13. The largest absolute Gasteiger partial charge is 0.370 e. The number of nitrogens with one attached hydrogen (secondary N) is 1. The molecule has 2 nitrogen and oxygen atoms in total. The molecule has 0 aliphatic heterocycles. The summed E-state index contributed by atoms with van der Waals surface area (Å²) >= 11 is 9.65. The van der Waals surface area contributed by atoms with Crippen LogP contribution in [-0.2, 0) is 13.1 Å². The number of nitrogens with zero attached hydrogens (tertiary/aromatic N) is 1. The lowest BCUT2D eigenvalue weighted by Crippen LogP contribution is -2.20. The molecule has 2 aromatic carbocycles. The van der Waals surface area contributed by atoms with Crippen LogP contribution in [0, 0.1) is 0 Å². The van der Waals surface area contributed by atoms with Crippen LogP contribution in [0.1, 0.15) is 18.1 Å². The predicted octanol–water partition coefficient (Wildman–Crippen LogP) is 4.85. The monoisotopic (exact) mass is 366 g/mol. The van der Waals surface area contributed by atoms with Gasteiger partial charge < -0.3 is 10.2 Å². The van der Waals surface area contributed by atoms with Crippen molar-refractivity contribution in [3.8, 4) is 0 Å². The molecular weight excluding hydrogens is 348 g/mol. The lowest BCUT2D eigenvalue weighted by molar-refractivity contribution is 0.723. The van der Waals surface area contributed by atoms with E-state index in [0.717, 1.165) is 29.1 Å². The zero-order valence-electron chi connectivity index (χ0n) is 12.4. The molecule has 0 fully saturated rings. The minimum atomic E-state index is 0.780. The summed E-state index contributed by atoms with van der Waals surface area (Å²) in [4.78, 5) is 2.25. The first kappa shape index (κ1) is 16.3. The van der Waals surface area contributed by atoms with E-state index < -0.39 is 0 Å². The van der Waals surface area contributed by atoms with Gasteiger partial charge in [-0.15, -0.1) is 0 Å². The van der Waals surface area contributed by atoms with Gasteiger partial charge in [0.15, 0.2) is 0 Å². The average Bonchev–Trinajstić information content (AvgIpc) is 2.45. The maximum absolute atomic E-state index is 6.13. The first-order chi connectivity index (χ1) is 10.1. The van der Waals surface area contributed by atoms with Crippen molar-refractivity contribution in [2.45, 2.75) is 20.0 Å². The number of halogens is 2. The Morgan fingerprint density at radius 3 is 2.71 bits per heavy atom. The van der Waals surface area contributed by atoms with Gasteiger partial charge in [0.1, 0.15) is 0 Å². The quantitative estimate of drug-likeness (QED) is 0.785. The molecule has 0 bridgehead atoms. The Morgan fingerprint density at radius 1 is 1.19 bits per heavy atom. The van der Waals surface area contributed by atoms with Crippen LogP contribution in [0.5, 0.6) is 0 Å². The lowest BCUT2D eigenvalue weighted by Gasteiger charge is -2.23. The zero-order chi connectivity index (χ0) is 15.2. The number of anilines is 1. The molecule has 4 heteroatoms. The summed E-state index contributed by atoms with van der Waals surface area (Å²) in [6.07, 6.45) is 0. The molecule has 0 saturated heterocycles. The van der Waals surface area contributed by atoms with E-state index in [4.69, 9.17) is 11.6 Å². The van der Waals surface area contributed by atoms with Gasteiger partial charge >= 0.3 is 0 Å². The van der Waals surface area contributed by atoms with Crippen LogP contribution in [-0.4, -0.2) is 13.6 Å². The SMILES string of the molecule is CCNCc1cc(Cl)ccc1N(C)Cc1cccc(Br)c1. The second kappa shape index (κ2) is 7.83. The molecule has 0 radical (unpaired) electrons. The minimum Gasteiger partial charge on any atom is -0.370 e. The summed E-state index contributed by atoms with van der Waals surface area (Å²) < 4.78 is 1.11. The molecule has 0 spiro atoms. The van der Waals surface area contributed by atoms with Gasteiger partial charge in [-0.3, -0.25) is 0 Å². The van der Waals surface area contributed by atoms with E-state index in [-0.39, 0.29) is 0 Å². The molecule has 0 heterocycles. The van der Waals surface area contributed by atoms with E-state index in [1.54, 1.807) is 0 Å². The van der Waals surface area contributed by atoms with Crippen molar-refractivity contribution in [2.75, 3.05) is 18.5 Å². The Bertz CT molecular complexity index is 601. The Labute approximate surface area is 140 Å². The summed E-state index contributed by atoms with van der Waals surface area (Å²) in [5, 5.41) is 4.15. The average molecular weight is 368 g/mol. The van der Waals surface area contributed by atoms with Crippen LogP contribution in [0.15, 0.2) is 46.9 Å². The smallest absolute Gasteiger partial charge is 0.0426 e. The van der Waals surface area contributed by atoms with Gasteiger partial charge in [0, 0.05) is 35.3 Å². The molecule has 0 atom stereocenters. The van der Waals surface area contributed by atoms with E-state index >= 15 is 0 Å². The number of hydrogen-bond acceptors (Lipinski definition) is 2. The molecular formula is C17H20BrClN2. The fourth-order valence-electron chi connectivity index (χ4n) is 2.32. The van der Waals surface area contributed by atoms with Gasteiger partial charge in [-0.2, -0.15) is 0 Å². The third-order valence-corrected chi connectivity index (χ3v) is 4.06. The van der Waals surface area contributed by atoms with Crippen molar-refractivity contribution >= 4 is 33.2 Å². The lowest BCUT2D eigenvalue weighted by atomic mass is 10.1. The molecule has 0 amide bonds. The highest BCUT2D eigenvalue weighted by Crippen LogP contribution is 2.25. The van der Waals surface area contributed by atoms with Crippen molar-refractivity contribution in [3.63, 3.8) is 0 Å². The molecule has 112 valence electrons. The fourth-order valence-corrected chi connectivity index (χ4v) is 2.96. The van der Waals surface area contributed by atoms with E-state index in [1.807, 2.05) is 18.2 Å². The molecule has 21 heavy (non-hydrogen) atoms. The van der Waals surface area contributed by atoms with Crippen LogP contribution >= 0.6 is 27.5 Å². The summed E-state index contributed by atoms with van der Waals surface area (Å²) in [7, 11) is 2.11. The summed E-state index contributed by atoms with van der Waals surface area (Å²) in [6.45, 7) is 4.74. The van der Waals surface area contributed by atoms with Crippen LogP contribution in [0.3, 0.4) is 0 Å². The highest BCUT2D eigenvalue weighted by Gasteiger charge is 2.09. The molecule has 0 aromatic heterocycles. The number of benzene rings is 2. The maximum Gasteiger partial charge on any atom is 0.0426 e. The number of rotatable bonds is 6. The fraction of sp³-hybridized carbons (Fsp3) is 0.294. The first-order valence-corrected chi connectivity index (χ1v) is 8.22. The Morgan fingerprint density at radius 2 is 2.00 bits per heavy atom. The third-order valence-electron chi connectivity index (χ3n) is 3.33. The van der Waals surface area contributed by atoms with E-state index in [1.165, 1.54) is 16.8 Å². The molecule has 2 aromatic rings. The van der Waals surface area contributed by atoms with Crippen LogP contribution in [0.4, 0.5) is 5.69 Å². The van der Waals surface area contributed by atoms with E-state index in [9.17, 15) is 0 Å². The molecule has 0 aliphatic rings. The predicted molar refractivity (Wildman–Crippen MR) is 95.1 cm³/mol. The van der Waals surface area contributed by atoms with Gasteiger partial charge in [0.2, 0.25) is 0 Å². The van der Waals surface area contributed by atoms with E-state index in [0.29, 0.717) is 0 Å². The first-order valence-electron chi connectivity index (χ1n) is 7.05. The third kappa shape index (κ3) is 4.73. The summed E-state index contributed by atoms with van der Waals surface area (Å²) in [5.74, 6) is 0. The van der Waals surface area contributed by atoms with Crippen molar-refractivity contribution < 1.29 is 0 Å². The summed E-state index contributed by atoms with van der Waals surface area (Å²) in [5.41, 5.74) is 3.71. The van der Waals surface area contributed by atoms with Crippen molar-refractivity contribution in [1.82, 2.24) is 5.32 Å². The molecule has 2 rings (SSSR count). The molecule has 0 saturated carbocycles. The van der Waals surface area contributed by atoms with Crippen LogP contribution in [0.2, 0.25) is 5.02 Å². The van der Waals surface area contributed by atoms with Gasteiger partial charge in [0.25, 0.3) is 0 Å². The van der Waals surface area contributed by atoms with E-state index in [2.05, 4.69) is 64.4 Å². The van der Waals surface area contributed by atoms with Gasteiger partial charge in [0.05, 0.1) is 0 Å². The Kier molecular flexibility index (Phi) is 6.09. The van der Waals surface area contributed by atoms with Crippen molar-refractivity contribution in [2.24, 2.45) is 0 Å². The molecule has 1 N–H and O–H groups in total. The Hall–Kier alpha value is -1.03. The topological polar surface area (TPSA) is 15.3 Å². The van der Waals surface area contributed by atoms with Gasteiger partial charge in [-0.05, 0) is 48.0 Å². The highest BCUT2D eigenvalue weighted by molar-refractivity contribution is 9.10. The second-order valence-corrected chi connectivity index (χ2v) is 6.39. The second-order valence-electron chi connectivity index (χ2n) is 5.04. The normalized spacial score (nSPS) is 10.7. The van der Waals surface area contributed by atoms with Crippen LogP contribution in [0.25, 0.3) is 0 Å². The zero-order valence-corrected chi connectivity index (χ0v) is 14.7. The summed E-state index contributed by atoms with van der Waals surface area (Å²) in [6, 6.07) is 14.5. The standard InChI is InChI=1S/C17H20BrClN2/c1-3-20-11-14-10-16(19)7-8-17(14)21(2)12-13-5-4-6-15(18)9-13/h4-10,20H,3,11-12H2,1-2H3. The number of hydrogen-bond donors (Lipinski definition) is 1. The van der Waals surface area contributed by atoms with Gasteiger partial charge in [-0.25, -0.2) is 0 Å². The van der Waals surface area contributed by atoms with Crippen molar-refractivity contribution in [3.05, 3.63) is 63.1 Å². The van der Waals surface area contributed by atoms with Crippen molar-refractivity contribution in [1.29, 1.82) is 0 Å². The van der Waals surface area contributed by atoms with Crippen LogP contribution < -0.4 is 10.2 Å². The highest BCUT2D eigenvalue weighted by atomic mass is 79.9. The van der Waals surface area contributed by atoms with Gasteiger partial charge in [-0.1, -0.05) is 46.6 Å². The molecule has 0 unspecified atom stereocenters.